The number of nitrogens with zero attached hydrogens (tertiary/aromatic N) is 3. The number of ether oxygens (including phenoxy) is 1. The molecule has 0 saturated heterocycles. The summed E-state index contributed by atoms with van der Waals surface area (Å²) >= 11 is 0. The van der Waals surface area contributed by atoms with Crippen molar-refractivity contribution in [3.63, 3.8) is 0 Å². The van der Waals surface area contributed by atoms with Gasteiger partial charge in [0.2, 0.25) is 5.95 Å². The Morgan fingerprint density at radius 3 is 2.84 bits per heavy atom. The molecule has 1 amide bonds. The Bertz CT molecular complexity index is 496. The molecule has 6 heteroatoms. The van der Waals surface area contributed by atoms with Gasteiger partial charge in [0.15, 0.2) is 0 Å². The molecule has 2 heterocycles. The summed E-state index contributed by atoms with van der Waals surface area (Å²) in [5.74, 6) is 0.233. The molecule has 0 saturated carbocycles. The number of fused-ring (bicyclic) bond motifs is 1. The van der Waals surface area contributed by atoms with E-state index in [1.807, 2.05) is 27.7 Å². The molecule has 1 aliphatic heterocycles. The van der Waals surface area contributed by atoms with Gasteiger partial charge in [-0.25, -0.2) is 14.8 Å². The fraction of sp³-hybridized carbons (Fsp3) is 0.615. The van der Waals surface area contributed by atoms with E-state index in [0.29, 0.717) is 6.54 Å². The normalized spacial score (nSPS) is 18.9. The molecule has 1 aliphatic rings. The number of carbonyl (C=O) groups is 1. The zero-order chi connectivity index (χ0) is 14.2. The Morgan fingerprint density at radius 2 is 2.21 bits per heavy atom. The average Bonchev–Trinajstić information content (AvgIpc) is 2.28. The number of aromatic nitrogens is 2. The highest BCUT2D eigenvalue weighted by molar-refractivity contribution is 5.69. The maximum atomic E-state index is 12.1. The molecule has 0 spiro atoms. The minimum absolute atomic E-state index is 0.149. The Morgan fingerprint density at radius 1 is 1.53 bits per heavy atom. The Hall–Kier alpha value is -1.85. The summed E-state index contributed by atoms with van der Waals surface area (Å²) in [4.78, 5) is 22.1. The van der Waals surface area contributed by atoms with Crippen LogP contribution in [0, 0.1) is 0 Å². The first kappa shape index (κ1) is 13.6. The average molecular weight is 264 g/mol. The van der Waals surface area contributed by atoms with E-state index >= 15 is 0 Å². The zero-order valence-corrected chi connectivity index (χ0v) is 11.8. The summed E-state index contributed by atoms with van der Waals surface area (Å²) in [7, 11) is 0. The lowest BCUT2D eigenvalue weighted by Crippen LogP contribution is -2.42. The van der Waals surface area contributed by atoms with Crippen molar-refractivity contribution in [1.29, 1.82) is 0 Å². The standard InChI is InChI=1S/C13H20N4O2/c1-8-10-9(7-15-11(14)16-10)5-6-17(8)12(18)19-13(2,3)4/h7-8H,5-6H2,1-4H3,(H2,14,15,16). The highest BCUT2D eigenvalue weighted by Crippen LogP contribution is 2.29. The molecule has 19 heavy (non-hydrogen) atoms. The quantitative estimate of drug-likeness (QED) is 0.774. The van der Waals surface area contributed by atoms with Crippen molar-refractivity contribution in [3.8, 4) is 0 Å². The van der Waals surface area contributed by atoms with Crippen LogP contribution >= 0.6 is 0 Å². The van der Waals surface area contributed by atoms with Crippen LogP contribution in [0.5, 0.6) is 0 Å². The van der Waals surface area contributed by atoms with Crippen molar-refractivity contribution in [2.24, 2.45) is 0 Å². The molecule has 1 unspecified atom stereocenters. The van der Waals surface area contributed by atoms with E-state index < -0.39 is 5.60 Å². The fourth-order valence-corrected chi connectivity index (χ4v) is 2.14. The topological polar surface area (TPSA) is 81.3 Å². The molecule has 0 aromatic carbocycles. The monoisotopic (exact) mass is 264 g/mol. The maximum absolute atomic E-state index is 12.1. The summed E-state index contributed by atoms with van der Waals surface area (Å²) in [6, 6.07) is -0.149. The van der Waals surface area contributed by atoms with E-state index in [-0.39, 0.29) is 18.1 Å². The number of anilines is 1. The summed E-state index contributed by atoms with van der Waals surface area (Å²) < 4.78 is 5.41. The number of hydrogen-bond acceptors (Lipinski definition) is 5. The van der Waals surface area contributed by atoms with Gasteiger partial charge in [-0.15, -0.1) is 0 Å². The van der Waals surface area contributed by atoms with Crippen LogP contribution in [0.4, 0.5) is 10.7 Å². The number of carbonyl (C=O) groups excluding carboxylic acids is 1. The molecule has 1 aromatic heterocycles. The van der Waals surface area contributed by atoms with Gasteiger partial charge in [0.05, 0.1) is 11.7 Å². The summed E-state index contributed by atoms with van der Waals surface area (Å²) in [6.07, 6.45) is 2.14. The summed E-state index contributed by atoms with van der Waals surface area (Å²) in [6.45, 7) is 8.10. The molecule has 104 valence electrons. The molecular formula is C13H20N4O2. The largest absolute Gasteiger partial charge is 0.444 e. The van der Waals surface area contributed by atoms with Crippen LogP contribution in [0.25, 0.3) is 0 Å². The molecule has 0 bridgehead atoms. The van der Waals surface area contributed by atoms with Crippen LogP contribution in [0.15, 0.2) is 6.20 Å². The predicted molar refractivity (Wildman–Crippen MR) is 71.5 cm³/mol. The smallest absolute Gasteiger partial charge is 0.410 e. The third-order valence-electron chi connectivity index (χ3n) is 3.03. The molecule has 6 nitrogen and oxygen atoms in total. The predicted octanol–water partition coefficient (Wildman–Crippen LogP) is 1.91. The summed E-state index contributed by atoms with van der Waals surface area (Å²) in [5, 5.41) is 0. The fourth-order valence-electron chi connectivity index (χ4n) is 2.14. The van der Waals surface area contributed by atoms with E-state index in [0.717, 1.165) is 17.7 Å². The van der Waals surface area contributed by atoms with Crippen molar-refractivity contribution < 1.29 is 9.53 Å². The minimum Gasteiger partial charge on any atom is -0.444 e. The highest BCUT2D eigenvalue weighted by Gasteiger charge is 2.32. The molecule has 2 N–H and O–H groups in total. The van der Waals surface area contributed by atoms with Gasteiger partial charge in [0.25, 0.3) is 0 Å². The second-order valence-corrected chi connectivity index (χ2v) is 5.74. The number of rotatable bonds is 0. The maximum Gasteiger partial charge on any atom is 0.410 e. The zero-order valence-electron chi connectivity index (χ0n) is 11.8. The molecular weight excluding hydrogens is 244 g/mol. The van der Waals surface area contributed by atoms with Crippen LogP contribution in [0.1, 0.15) is 45.0 Å². The first-order chi connectivity index (χ1) is 8.78. The van der Waals surface area contributed by atoms with Crippen LogP contribution in [0.2, 0.25) is 0 Å². The van der Waals surface area contributed by atoms with Gasteiger partial charge in [0.1, 0.15) is 5.60 Å². The van der Waals surface area contributed by atoms with Gasteiger partial charge in [0, 0.05) is 12.7 Å². The van der Waals surface area contributed by atoms with E-state index in [4.69, 9.17) is 10.5 Å². The highest BCUT2D eigenvalue weighted by atomic mass is 16.6. The first-order valence-electron chi connectivity index (χ1n) is 6.39. The number of hydrogen-bond donors (Lipinski definition) is 1. The van der Waals surface area contributed by atoms with Gasteiger partial charge in [-0.1, -0.05) is 0 Å². The van der Waals surface area contributed by atoms with Crippen molar-refractivity contribution in [3.05, 3.63) is 17.5 Å². The molecule has 1 aromatic rings. The van der Waals surface area contributed by atoms with E-state index in [1.165, 1.54) is 0 Å². The van der Waals surface area contributed by atoms with Crippen molar-refractivity contribution in [1.82, 2.24) is 14.9 Å². The molecule has 2 rings (SSSR count). The number of amides is 1. The Balaban J connectivity index is 2.21. The lowest BCUT2D eigenvalue weighted by atomic mass is 10.0. The molecule has 0 aliphatic carbocycles. The van der Waals surface area contributed by atoms with Gasteiger partial charge in [-0.3, -0.25) is 4.90 Å². The Kier molecular flexibility index (Phi) is 3.34. The minimum atomic E-state index is -0.498. The van der Waals surface area contributed by atoms with Crippen molar-refractivity contribution in [2.75, 3.05) is 12.3 Å². The third kappa shape index (κ3) is 2.94. The third-order valence-corrected chi connectivity index (χ3v) is 3.03. The first-order valence-corrected chi connectivity index (χ1v) is 6.39. The van der Waals surface area contributed by atoms with Gasteiger partial charge < -0.3 is 10.5 Å². The van der Waals surface area contributed by atoms with Crippen LogP contribution in [-0.2, 0) is 11.2 Å². The second kappa shape index (κ2) is 4.68. The molecule has 0 radical (unpaired) electrons. The van der Waals surface area contributed by atoms with E-state index in [9.17, 15) is 4.79 Å². The van der Waals surface area contributed by atoms with Crippen molar-refractivity contribution in [2.45, 2.75) is 45.8 Å². The molecule has 0 fully saturated rings. The number of nitrogens with two attached hydrogens (primary N) is 1. The second-order valence-electron chi connectivity index (χ2n) is 5.74. The van der Waals surface area contributed by atoms with Gasteiger partial charge >= 0.3 is 6.09 Å². The summed E-state index contributed by atoms with van der Waals surface area (Å²) in [5.41, 5.74) is 6.97. The van der Waals surface area contributed by atoms with Crippen LogP contribution < -0.4 is 5.73 Å². The lowest BCUT2D eigenvalue weighted by molar-refractivity contribution is 0.0155. The van der Waals surface area contributed by atoms with E-state index in [1.54, 1.807) is 11.1 Å². The van der Waals surface area contributed by atoms with Crippen LogP contribution in [-0.4, -0.2) is 33.1 Å². The van der Waals surface area contributed by atoms with Gasteiger partial charge in [-0.05, 0) is 39.7 Å². The van der Waals surface area contributed by atoms with E-state index in [2.05, 4.69) is 9.97 Å². The van der Waals surface area contributed by atoms with Crippen LogP contribution in [0.3, 0.4) is 0 Å². The van der Waals surface area contributed by atoms with Gasteiger partial charge in [-0.2, -0.15) is 0 Å². The number of nitrogen functional groups attached to an aromatic ring is 1. The van der Waals surface area contributed by atoms with Crippen molar-refractivity contribution >= 4 is 12.0 Å². The Labute approximate surface area is 113 Å². The lowest BCUT2D eigenvalue weighted by Gasteiger charge is -2.35. The molecule has 1 atom stereocenters. The SMILES string of the molecule is CC1c2nc(N)ncc2CCN1C(=O)OC(C)(C)C.